The van der Waals surface area contributed by atoms with Gasteiger partial charge in [-0.2, -0.15) is 0 Å². The number of sulfonamides is 1. The summed E-state index contributed by atoms with van der Waals surface area (Å²) in [5, 5.41) is 0. The Labute approximate surface area is 124 Å². The number of hydrogen-bond donors (Lipinski definition) is 1. The van der Waals surface area contributed by atoms with Crippen molar-refractivity contribution in [3.63, 3.8) is 0 Å². The van der Waals surface area contributed by atoms with Crippen LogP contribution in [0.2, 0.25) is 0 Å². The first-order chi connectivity index (χ1) is 8.99. The summed E-state index contributed by atoms with van der Waals surface area (Å²) >= 11 is 3.33. The van der Waals surface area contributed by atoms with Crippen molar-refractivity contribution in [2.24, 2.45) is 0 Å². The maximum atomic E-state index is 12.5. The van der Waals surface area contributed by atoms with E-state index in [-0.39, 0.29) is 6.04 Å². The van der Waals surface area contributed by atoms with Crippen LogP contribution in [-0.4, -0.2) is 14.5 Å². The third-order valence-electron chi connectivity index (χ3n) is 3.62. The Morgan fingerprint density at radius 1 is 1.16 bits per heavy atom. The molecule has 2 rings (SSSR count). The van der Waals surface area contributed by atoms with Crippen molar-refractivity contribution in [1.29, 1.82) is 0 Å². The van der Waals surface area contributed by atoms with Gasteiger partial charge < -0.3 is 0 Å². The standard InChI is InChI=1S/C14H20BrNO2S/c1-11-8-9-12(15)10-14(11)19(17,18)16-13-6-4-2-3-5-7-13/h8-10,13,16H,2-7H2,1H3. The number of halogens is 1. The number of rotatable bonds is 3. The van der Waals surface area contributed by atoms with Crippen molar-refractivity contribution < 1.29 is 8.42 Å². The largest absolute Gasteiger partial charge is 0.241 e. The Kier molecular flexibility index (Phi) is 5.03. The number of aryl methyl sites for hydroxylation is 1. The van der Waals surface area contributed by atoms with E-state index in [9.17, 15) is 8.42 Å². The highest BCUT2D eigenvalue weighted by molar-refractivity contribution is 9.10. The summed E-state index contributed by atoms with van der Waals surface area (Å²) in [6.45, 7) is 1.83. The zero-order chi connectivity index (χ0) is 13.9. The van der Waals surface area contributed by atoms with E-state index in [1.807, 2.05) is 19.1 Å². The molecule has 0 bridgehead atoms. The summed E-state index contributed by atoms with van der Waals surface area (Å²) < 4.78 is 28.6. The molecule has 1 saturated carbocycles. The van der Waals surface area contributed by atoms with Crippen molar-refractivity contribution in [2.45, 2.75) is 56.4 Å². The van der Waals surface area contributed by atoms with Crippen LogP contribution in [0, 0.1) is 6.92 Å². The van der Waals surface area contributed by atoms with Crippen LogP contribution in [-0.2, 0) is 10.0 Å². The Hall–Kier alpha value is -0.390. The smallest absolute Gasteiger partial charge is 0.208 e. The van der Waals surface area contributed by atoms with Gasteiger partial charge in [0.25, 0.3) is 0 Å². The van der Waals surface area contributed by atoms with E-state index in [1.165, 1.54) is 12.8 Å². The minimum absolute atomic E-state index is 0.0888. The third kappa shape index (κ3) is 4.04. The van der Waals surface area contributed by atoms with Gasteiger partial charge >= 0.3 is 0 Å². The Bertz CT molecular complexity index is 534. The van der Waals surface area contributed by atoms with Crippen molar-refractivity contribution in [1.82, 2.24) is 4.72 Å². The quantitative estimate of drug-likeness (QED) is 0.847. The molecule has 0 saturated heterocycles. The highest BCUT2D eigenvalue weighted by atomic mass is 79.9. The topological polar surface area (TPSA) is 46.2 Å². The predicted octanol–water partition coefficient (Wildman–Crippen LogP) is 3.76. The van der Waals surface area contributed by atoms with Crippen LogP contribution in [0.5, 0.6) is 0 Å². The number of hydrogen-bond acceptors (Lipinski definition) is 2. The number of benzene rings is 1. The highest BCUT2D eigenvalue weighted by Gasteiger charge is 2.22. The summed E-state index contributed by atoms with van der Waals surface area (Å²) in [6, 6.07) is 5.45. The summed E-state index contributed by atoms with van der Waals surface area (Å²) in [5.74, 6) is 0. The zero-order valence-electron chi connectivity index (χ0n) is 11.2. The maximum absolute atomic E-state index is 12.5. The Morgan fingerprint density at radius 2 is 1.79 bits per heavy atom. The van der Waals surface area contributed by atoms with Crippen molar-refractivity contribution in [3.05, 3.63) is 28.2 Å². The molecule has 1 fully saturated rings. The van der Waals surface area contributed by atoms with Gasteiger partial charge in [0.2, 0.25) is 10.0 Å². The molecular weight excluding hydrogens is 326 g/mol. The van der Waals surface area contributed by atoms with E-state index < -0.39 is 10.0 Å². The average molecular weight is 346 g/mol. The fraction of sp³-hybridized carbons (Fsp3) is 0.571. The van der Waals surface area contributed by atoms with Gasteiger partial charge in [0.15, 0.2) is 0 Å². The molecule has 0 aromatic heterocycles. The molecule has 1 aromatic carbocycles. The van der Waals surface area contributed by atoms with E-state index in [0.29, 0.717) is 4.90 Å². The van der Waals surface area contributed by atoms with E-state index in [1.54, 1.807) is 6.07 Å². The molecule has 0 radical (unpaired) electrons. The van der Waals surface area contributed by atoms with Gasteiger partial charge in [-0.05, 0) is 37.5 Å². The van der Waals surface area contributed by atoms with Crippen LogP contribution < -0.4 is 4.72 Å². The average Bonchev–Trinajstić information content (AvgIpc) is 2.60. The van der Waals surface area contributed by atoms with Gasteiger partial charge in [-0.25, -0.2) is 13.1 Å². The molecule has 1 aromatic rings. The monoisotopic (exact) mass is 345 g/mol. The minimum Gasteiger partial charge on any atom is -0.208 e. The van der Waals surface area contributed by atoms with Gasteiger partial charge in [0, 0.05) is 10.5 Å². The first-order valence-electron chi connectivity index (χ1n) is 6.77. The van der Waals surface area contributed by atoms with Gasteiger partial charge in [-0.15, -0.1) is 0 Å². The molecule has 0 aliphatic heterocycles. The molecule has 0 unspecified atom stereocenters. The van der Waals surface area contributed by atoms with Gasteiger partial charge in [-0.1, -0.05) is 47.7 Å². The lowest BCUT2D eigenvalue weighted by atomic mass is 10.1. The van der Waals surface area contributed by atoms with Crippen molar-refractivity contribution in [3.8, 4) is 0 Å². The first kappa shape index (κ1) is 15.0. The normalized spacial score (nSPS) is 18.2. The van der Waals surface area contributed by atoms with E-state index in [4.69, 9.17) is 0 Å². The Balaban J connectivity index is 2.19. The highest BCUT2D eigenvalue weighted by Crippen LogP contribution is 2.23. The van der Waals surface area contributed by atoms with Gasteiger partial charge in [-0.3, -0.25) is 0 Å². The van der Waals surface area contributed by atoms with Crippen molar-refractivity contribution in [2.75, 3.05) is 0 Å². The van der Waals surface area contributed by atoms with Crippen LogP contribution in [0.3, 0.4) is 0 Å². The van der Waals surface area contributed by atoms with Gasteiger partial charge in [0.1, 0.15) is 0 Å². The summed E-state index contributed by atoms with van der Waals surface area (Å²) in [5.41, 5.74) is 0.782. The van der Waals surface area contributed by atoms with Crippen LogP contribution in [0.1, 0.15) is 44.1 Å². The molecule has 1 aliphatic rings. The second kappa shape index (κ2) is 6.37. The molecule has 106 valence electrons. The van der Waals surface area contributed by atoms with Crippen LogP contribution in [0.15, 0.2) is 27.6 Å². The lowest BCUT2D eigenvalue weighted by Gasteiger charge is -2.17. The molecular formula is C14H20BrNO2S. The molecule has 19 heavy (non-hydrogen) atoms. The Morgan fingerprint density at radius 3 is 2.42 bits per heavy atom. The molecule has 1 aliphatic carbocycles. The molecule has 0 spiro atoms. The molecule has 0 heterocycles. The molecule has 3 nitrogen and oxygen atoms in total. The fourth-order valence-electron chi connectivity index (χ4n) is 2.54. The van der Waals surface area contributed by atoms with Crippen molar-refractivity contribution >= 4 is 26.0 Å². The van der Waals surface area contributed by atoms with Crippen LogP contribution in [0.25, 0.3) is 0 Å². The molecule has 0 amide bonds. The summed E-state index contributed by atoms with van der Waals surface area (Å²) in [7, 11) is -3.41. The first-order valence-corrected chi connectivity index (χ1v) is 9.05. The van der Waals surface area contributed by atoms with Crippen LogP contribution in [0.4, 0.5) is 0 Å². The molecule has 1 N–H and O–H groups in total. The predicted molar refractivity (Wildman–Crippen MR) is 80.7 cm³/mol. The SMILES string of the molecule is Cc1ccc(Br)cc1S(=O)(=O)NC1CCCCCC1. The lowest BCUT2D eigenvalue weighted by Crippen LogP contribution is -2.34. The molecule has 5 heteroatoms. The second-order valence-electron chi connectivity index (χ2n) is 5.22. The summed E-state index contributed by atoms with van der Waals surface area (Å²) in [4.78, 5) is 0.381. The summed E-state index contributed by atoms with van der Waals surface area (Å²) in [6.07, 6.45) is 6.57. The van der Waals surface area contributed by atoms with Crippen LogP contribution >= 0.6 is 15.9 Å². The van der Waals surface area contributed by atoms with Gasteiger partial charge in [0.05, 0.1) is 4.90 Å². The van der Waals surface area contributed by atoms with E-state index in [0.717, 1.165) is 35.7 Å². The van der Waals surface area contributed by atoms with E-state index in [2.05, 4.69) is 20.7 Å². The van der Waals surface area contributed by atoms with E-state index >= 15 is 0 Å². The minimum atomic E-state index is -3.41. The zero-order valence-corrected chi connectivity index (χ0v) is 13.6. The second-order valence-corrected chi connectivity index (χ2v) is 7.82. The number of nitrogens with one attached hydrogen (secondary N) is 1. The molecule has 0 atom stereocenters. The third-order valence-corrected chi connectivity index (χ3v) is 5.77. The lowest BCUT2D eigenvalue weighted by molar-refractivity contribution is 0.509. The maximum Gasteiger partial charge on any atom is 0.241 e. The fourth-order valence-corrected chi connectivity index (χ4v) is 4.63.